The molecule has 23 heavy (non-hydrogen) atoms. The predicted octanol–water partition coefficient (Wildman–Crippen LogP) is 0.285. The summed E-state index contributed by atoms with van der Waals surface area (Å²) in [5.41, 5.74) is 6.31. The van der Waals surface area contributed by atoms with Crippen LogP contribution in [0.15, 0.2) is 18.2 Å². The average molecular weight is 320 g/mol. The van der Waals surface area contributed by atoms with Crippen LogP contribution in [0.25, 0.3) is 11.0 Å². The second-order valence-electron chi connectivity index (χ2n) is 5.88. The zero-order chi connectivity index (χ0) is 16.2. The van der Waals surface area contributed by atoms with E-state index in [4.69, 9.17) is 10.5 Å². The van der Waals surface area contributed by atoms with Gasteiger partial charge in [-0.1, -0.05) is 11.5 Å². The Hall–Kier alpha value is -2.19. The molecule has 0 spiro atoms. The van der Waals surface area contributed by atoms with Crippen molar-refractivity contribution in [2.75, 3.05) is 32.0 Å². The van der Waals surface area contributed by atoms with E-state index in [0.29, 0.717) is 27.9 Å². The van der Waals surface area contributed by atoms with Crippen LogP contribution in [0.2, 0.25) is 0 Å². The number of nitrogens with zero attached hydrogens (tertiary/aromatic N) is 3. The van der Waals surface area contributed by atoms with Gasteiger partial charge in [-0.25, -0.2) is 4.98 Å². The van der Waals surface area contributed by atoms with E-state index in [1.165, 1.54) is 19.3 Å². The number of fused-ring (bicyclic) bond motifs is 1. The van der Waals surface area contributed by atoms with Gasteiger partial charge in [0.05, 0.1) is 11.0 Å². The molecule has 2 heterocycles. The zero-order valence-corrected chi connectivity index (χ0v) is 12.9. The first-order chi connectivity index (χ1) is 11.1. The van der Waals surface area contributed by atoms with Crippen molar-refractivity contribution in [3.63, 3.8) is 0 Å². The maximum absolute atomic E-state index is 11.8. The lowest BCUT2D eigenvalue weighted by atomic mass is 10.1. The first-order valence-corrected chi connectivity index (χ1v) is 7.87. The largest absolute Gasteiger partial charge is 0.491 e. The van der Waals surface area contributed by atoms with Crippen molar-refractivity contribution in [1.82, 2.24) is 15.0 Å². The van der Waals surface area contributed by atoms with Crippen LogP contribution in [0.3, 0.4) is 0 Å². The first kappa shape index (κ1) is 15.7. The third-order valence-corrected chi connectivity index (χ3v) is 3.98. The number of piperidine rings is 1. The Morgan fingerprint density at radius 3 is 2.96 bits per heavy atom. The monoisotopic (exact) mass is 320 g/mol. The van der Waals surface area contributed by atoms with Gasteiger partial charge in [-0.3, -0.25) is 0 Å². The summed E-state index contributed by atoms with van der Waals surface area (Å²) in [6, 6.07) is 4.96. The van der Waals surface area contributed by atoms with Gasteiger partial charge in [0.15, 0.2) is 4.54 Å². The summed E-state index contributed by atoms with van der Waals surface area (Å²) >= 11 is 0. The summed E-state index contributed by atoms with van der Waals surface area (Å²) in [7, 11) is 0. The summed E-state index contributed by atoms with van der Waals surface area (Å²) in [5.74, 6) is 0.567. The highest BCUT2D eigenvalue weighted by molar-refractivity contribution is 5.73. The van der Waals surface area contributed by atoms with Crippen LogP contribution >= 0.6 is 0 Å². The minimum absolute atomic E-state index is 0.0538. The molecule has 0 unspecified atom stereocenters. The fourth-order valence-electron chi connectivity index (χ4n) is 2.85. The molecule has 0 bridgehead atoms. The number of nitrogens with two attached hydrogens (primary N) is 1. The minimum atomic E-state index is -0.556. The van der Waals surface area contributed by atoms with E-state index in [1.807, 2.05) is 0 Å². The van der Waals surface area contributed by atoms with E-state index in [-0.39, 0.29) is 12.6 Å². The van der Waals surface area contributed by atoms with Gasteiger partial charge >= 0.3 is 5.52 Å². The van der Waals surface area contributed by atoms with E-state index in [9.17, 15) is 10.0 Å². The van der Waals surface area contributed by atoms with Crippen LogP contribution in [-0.2, 0) is 0 Å². The molecule has 3 rings (SSSR count). The Kier molecular flexibility index (Phi) is 4.73. The second kappa shape index (κ2) is 6.93. The molecule has 1 aromatic heterocycles. The van der Waals surface area contributed by atoms with Crippen molar-refractivity contribution < 1.29 is 14.4 Å². The highest BCUT2D eigenvalue weighted by Crippen LogP contribution is 2.17. The van der Waals surface area contributed by atoms with Gasteiger partial charge in [0.2, 0.25) is 0 Å². The number of aliphatic hydroxyl groups excluding tert-OH is 1. The molecular formula is C15H22N5O3+. The molecule has 4 N–H and O–H groups in total. The number of likely N-dealkylation sites (tertiary alicyclic amines) is 1. The molecule has 1 aromatic carbocycles. The number of anilines is 1. The van der Waals surface area contributed by atoms with Crippen LogP contribution in [0, 0.1) is 4.91 Å². The summed E-state index contributed by atoms with van der Waals surface area (Å²) in [6.45, 7) is 2.87. The van der Waals surface area contributed by atoms with Crippen molar-refractivity contribution in [3.05, 3.63) is 23.1 Å². The summed E-state index contributed by atoms with van der Waals surface area (Å²) in [5, 5.41) is 12.5. The van der Waals surface area contributed by atoms with E-state index in [0.717, 1.165) is 13.1 Å². The van der Waals surface area contributed by atoms with Gasteiger partial charge in [0.25, 0.3) is 5.95 Å². The predicted molar refractivity (Wildman–Crippen MR) is 85.7 cm³/mol. The number of nitrogen functional groups attached to an aromatic ring is 1. The number of aliphatic hydroxyl groups is 1. The van der Waals surface area contributed by atoms with Crippen LogP contribution in [0.1, 0.15) is 19.3 Å². The number of hydrogen-bond donors (Lipinski definition) is 3. The molecule has 1 saturated heterocycles. The SMILES string of the molecule is Nc1nc2ccc(OC[C@@H](O)CN3CCCCC3)cc2[n+](=O)[nH]1. The molecule has 1 aliphatic rings. The maximum atomic E-state index is 11.8. The summed E-state index contributed by atoms with van der Waals surface area (Å²) in [4.78, 5) is 18.1. The Bertz CT molecular complexity index is 727. The Labute approximate surface area is 133 Å². The Morgan fingerprint density at radius 1 is 1.39 bits per heavy atom. The number of rotatable bonds is 5. The van der Waals surface area contributed by atoms with Crippen LogP contribution in [-0.4, -0.2) is 52.4 Å². The lowest BCUT2D eigenvalue weighted by molar-refractivity contribution is -0.535. The van der Waals surface area contributed by atoms with Gasteiger partial charge in [-0.05, 0) is 38.1 Å². The molecule has 0 radical (unpaired) electrons. The fraction of sp³-hybridized carbons (Fsp3) is 0.533. The number of aromatic nitrogens is 3. The van der Waals surface area contributed by atoms with Crippen molar-refractivity contribution >= 4 is 17.0 Å². The minimum Gasteiger partial charge on any atom is -0.491 e. The molecule has 124 valence electrons. The molecule has 0 aliphatic carbocycles. The molecule has 1 atom stereocenters. The number of aromatic amines is 1. The molecule has 0 saturated carbocycles. The molecule has 8 nitrogen and oxygen atoms in total. The highest BCUT2D eigenvalue weighted by Gasteiger charge is 2.16. The topological polar surface area (TPSA) is 110 Å². The Balaban J connectivity index is 1.61. The normalized spacial score (nSPS) is 17.3. The average Bonchev–Trinajstić information content (AvgIpc) is 2.54. The third-order valence-electron chi connectivity index (χ3n) is 3.98. The van der Waals surface area contributed by atoms with Crippen molar-refractivity contribution in [3.8, 4) is 5.75 Å². The standard InChI is InChI=1S/C15H22N5O3/c16-15-17-13-5-4-12(8-14(13)20(22)18-15)23-10-11(21)9-19-6-2-1-3-7-19/h4-5,8,11,21H,1-3,6-7,9-10H2,(H3,16,17,18,22)/q+1/t11-/m0/s1. The maximum Gasteiger partial charge on any atom is 0.321 e. The fourth-order valence-corrected chi connectivity index (χ4v) is 2.85. The number of benzene rings is 1. The van der Waals surface area contributed by atoms with E-state index in [2.05, 4.69) is 15.0 Å². The quantitative estimate of drug-likeness (QED) is 0.683. The number of β-amino-alcohol motifs (C(OH)–C–C–N with tert-alkyl or cyclic N) is 1. The molecule has 8 heteroatoms. The van der Waals surface area contributed by atoms with Crippen molar-refractivity contribution in [2.45, 2.75) is 25.4 Å². The lowest BCUT2D eigenvalue weighted by Crippen LogP contribution is -2.38. The second-order valence-corrected chi connectivity index (χ2v) is 5.88. The highest BCUT2D eigenvalue weighted by atomic mass is 16.5. The zero-order valence-electron chi connectivity index (χ0n) is 12.9. The van der Waals surface area contributed by atoms with Gasteiger partial charge in [-0.15, -0.1) is 0 Å². The molecule has 0 amide bonds. The van der Waals surface area contributed by atoms with Gasteiger partial charge in [0, 0.05) is 6.54 Å². The van der Waals surface area contributed by atoms with Crippen LogP contribution < -0.4 is 15.0 Å². The molecule has 2 aromatic rings. The first-order valence-electron chi connectivity index (χ1n) is 7.87. The van der Waals surface area contributed by atoms with E-state index in [1.54, 1.807) is 18.2 Å². The Morgan fingerprint density at radius 2 is 2.17 bits per heavy atom. The third kappa shape index (κ3) is 3.96. The molecule has 1 aliphatic heterocycles. The van der Waals surface area contributed by atoms with Crippen LogP contribution in [0.4, 0.5) is 5.95 Å². The molecule has 1 fully saturated rings. The number of H-pyrrole nitrogens is 1. The lowest BCUT2D eigenvalue weighted by Gasteiger charge is -2.28. The van der Waals surface area contributed by atoms with Crippen molar-refractivity contribution in [1.29, 1.82) is 0 Å². The summed E-state index contributed by atoms with van der Waals surface area (Å²) < 4.78 is 6.15. The van der Waals surface area contributed by atoms with Crippen LogP contribution in [0.5, 0.6) is 5.75 Å². The van der Waals surface area contributed by atoms with Gasteiger partial charge in [0.1, 0.15) is 24.0 Å². The smallest absolute Gasteiger partial charge is 0.321 e. The van der Waals surface area contributed by atoms with E-state index >= 15 is 0 Å². The number of ether oxygens (including phenoxy) is 1. The number of hydrogen-bond acceptors (Lipinski definition) is 6. The number of nitrogens with one attached hydrogen (secondary N) is 1. The summed E-state index contributed by atoms with van der Waals surface area (Å²) in [6.07, 6.45) is 3.09. The van der Waals surface area contributed by atoms with Crippen molar-refractivity contribution in [2.24, 2.45) is 0 Å². The van der Waals surface area contributed by atoms with Gasteiger partial charge in [-0.2, -0.15) is 0 Å². The molecular weight excluding hydrogens is 298 g/mol. The van der Waals surface area contributed by atoms with Gasteiger partial charge < -0.3 is 20.5 Å². The van der Waals surface area contributed by atoms with E-state index < -0.39 is 6.10 Å².